The van der Waals surface area contributed by atoms with E-state index in [0.29, 0.717) is 26.4 Å². The number of hydrogen-bond acceptors (Lipinski definition) is 5. The third-order valence-electron chi connectivity index (χ3n) is 8.89. The van der Waals surface area contributed by atoms with E-state index in [1.165, 1.54) is 96.3 Å². The minimum atomic E-state index is -0.426. The normalized spacial score (nSPS) is 23.1. The van der Waals surface area contributed by atoms with E-state index in [1.54, 1.807) is 0 Å². The molecule has 4 rings (SSSR count). The van der Waals surface area contributed by atoms with Gasteiger partial charge in [-0.15, -0.1) is 0 Å². The SMILES string of the molecule is CCCCCCCCCCCCCCCCCCO[C@H]1[C@H](OCc2ccccc2)[C@H](OCc2ccccc2)[C@@H]2OC[C@H]1O2. The molecular formula is C38H58O5. The zero-order valence-electron chi connectivity index (χ0n) is 26.8. The van der Waals surface area contributed by atoms with E-state index < -0.39 is 6.29 Å². The summed E-state index contributed by atoms with van der Waals surface area (Å²) in [6.07, 6.45) is 20.5. The molecular weight excluding hydrogens is 536 g/mol. The summed E-state index contributed by atoms with van der Waals surface area (Å²) >= 11 is 0. The van der Waals surface area contributed by atoms with E-state index in [0.717, 1.165) is 17.5 Å². The van der Waals surface area contributed by atoms with Crippen LogP contribution in [0.25, 0.3) is 0 Å². The number of benzene rings is 2. The van der Waals surface area contributed by atoms with E-state index in [1.807, 2.05) is 36.4 Å². The third-order valence-corrected chi connectivity index (χ3v) is 8.89. The fourth-order valence-electron chi connectivity index (χ4n) is 6.31. The molecule has 0 unspecified atom stereocenters. The lowest BCUT2D eigenvalue weighted by atomic mass is 10.00. The lowest BCUT2D eigenvalue weighted by Gasteiger charge is -2.40. The van der Waals surface area contributed by atoms with Gasteiger partial charge in [0.2, 0.25) is 0 Å². The van der Waals surface area contributed by atoms with Crippen LogP contribution in [0.4, 0.5) is 0 Å². The number of rotatable bonds is 24. The average Bonchev–Trinajstić information content (AvgIpc) is 3.48. The summed E-state index contributed by atoms with van der Waals surface area (Å²) in [5.41, 5.74) is 2.26. The number of unbranched alkanes of at least 4 members (excludes halogenated alkanes) is 15. The van der Waals surface area contributed by atoms with Gasteiger partial charge in [0.1, 0.15) is 24.4 Å². The van der Waals surface area contributed by atoms with Crippen molar-refractivity contribution in [2.45, 2.75) is 154 Å². The van der Waals surface area contributed by atoms with E-state index >= 15 is 0 Å². The molecule has 5 heteroatoms. The summed E-state index contributed by atoms with van der Waals surface area (Å²) < 4.78 is 31.7. The summed E-state index contributed by atoms with van der Waals surface area (Å²) in [6.45, 7) is 4.51. The highest BCUT2D eigenvalue weighted by molar-refractivity contribution is 5.14. The Morgan fingerprint density at radius 3 is 1.51 bits per heavy atom. The molecule has 0 N–H and O–H groups in total. The van der Waals surface area contributed by atoms with Gasteiger partial charge in [0, 0.05) is 6.61 Å². The molecule has 0 amide bonds. The van der Waals surface area contributed by atoms with Gasteiger partial charge in [-0.2, -0.15) is 0 Å². The highest BCUT2D eigenvalue weighted by Gasteiger charge is 2.52. The molecule has 43 heavy (non-hydrogen) atoms. The van der Waals surface area contributed by atoms with Crippen LogP contribution in [0.1, 0.15) is 121 Å². The van der Waals surface area contributed by atoms with Crippen LogP contribution >= 0.6 is 0 Å². The second-order valence-corrected chi connectivity index (χ2v) is 12.5. The molecule has 2 heterocycles. The Hall–Kier alpha value is -1.76. The molecule has 240 valence electrons. The molecule has 0 saturated carbocycles. The molecule has 2 fully saturated rings. The Balaban J connectivity index is 1.12. The van der Waals surface area contributed by atoms with Gasteiger partial charge in [-0.05, 0) is 17.5 Å². The number of ether oxygens (including phenoxy) is 5. The van der Waals surface area contributed by atoms with E-state index in [-0.39, 0.29) is 24.4 Å². The zero-order chi connectivity index (χ0) is 29.8. The lowest BCUT2D eigenvalue weighted by Crippen LogP contribution is -2.57. The molecule has 2 aliphatic heterocycles. The van der Waals surface area contributed by atoms with Gasteiger partial charge in [0.15, 0.2) is 6.29 Å². The monoisotopic (exact) mass is 594 g/mol. The van der Waals surface area contributed by atoms with Crippen LogP contribution in [0.15, 0.2) is 60.7 Å². The lowest BCUT2D eigenvalue weighted by molar-refractivity contribution is -0.267. The second-order valence-electron chi connectivity index (χ2n) is 12.5. The largest absolute Gasteiger partial charge is 0.373 e. The van der Waals surface area contributed by atoms with Gasteiger partial charge in [-0.25, -0.2) is 0 Å². The average molecular weight is 595 g/mol. The van der Waals surface area contributed by atoms with Crippen LogP contribution in [0.3, 0.4) is 0 Å². The van der Waals surface area contributed by atoms with Gasteiger partial charge in [0.05, 0.1) is 19.8 Å². The maximum absolute atomic E-state index is 6.54. The Morgan fingerprint density at radius 1 is 0.535 bits per heavy atom. The van der Waals surface area contributed by atoms with Crippen molar-refractivity contribution in [1.82, 2.24) is 0 Å². The molecule has 0 aliphatic carbocycles. The Kier molecular flexibility index (Phi) is 16.7. The van der Waals surface area contributed by atoms with Crippen LogP contribution in [0, 0.1) is 0 Å². The summed E-state index contributed by atoms with van der Waals surface area (Å²) in [5.74, 6) is 0. The van der Waals surface area contributed by atoms with Crippen molar-refractivity contribution in [3.63, 3.8) is 0 Å². The molecule has 5 atom stereocenters. The first kappa shape index (κ1) is 34.1. The van der Waals surface area contributed by atoms with Crippen molar-refractivity contribution in [2.24, 2.45) is 0 Å². The Labute approximate surface area is 262 Å². The molecule has 5 nitrogen and oxygen atoms in total. The van der Waals surface area contributed by atoms with Gasteiger partial charge in [-0.1, -0.05) is 164 Å². The van der Waals surface area contributed by atoms with Crippen molar-refractivity contribution in [3.05, 3.63) is 71.8 Å². The first-order valence-corrected chi connectivity index (χ1v) is 17.5. The van der Waals surface area contributed by atoms with Crippen molar-refractivity contribution in [3.8, 4) is 0 Å². The first-order chi connectivity index (χ1) is 21.3. The first-order valence-electron chi connectivity index (χ1n) is 17.5. The summed E-state index contributed by atoms with van der Waals surface area (Å²) in [5, 5.41) is 0. The standard InChI is InChI=1S/C38H58O5/c1-2-3-4-5-6-7-8-9-10-11-12-13-14-15-16-23-28-39-35-34-31-42-38(43-34)37(41-30-33-26-21-18-22-27-33)36(35)40-29-32-24-19-17-20-25-32/h17-22,24-27,34-38H,2-16,23,28-31H2,1H3/t34-,35-,36+,37+,38-/m1/s1. The fraction of sp³-hybridized carbons (Fsp3) is 0.684. The minimum absolute atomic E-state index is 0.122. The van der Waals surface area contributed by atoms with Crippen LogP contribution in [0.5, 0.6) is 0 Å². The predicted octanol–water partition coefficient (Wildman–Crippen LogP) is 9.56. The molecule has 0 aromatic heterocycles. The topological polar surface area (TPSA) is 46.2 Å². The predicted molar refractivity (Wildman–Crippen MR) is 174 cm³/mol. The number of fused-ring (bicyclic) bond motifs is 2. The van der Waals surface area contributed by atoms with Gasteiger partial charge >= 0.3 is 0 Å². The van der Waals surface area contributed by atoms with E-state index in [2.05, 4.69) is 31.2 Å². The Bertz CT molecular complexity index is 938. The third kappa shape index (κ3) is 12.6. The second kappa shape index (κ2) is 21.1. The van der Waals surface area contributed by atoms with E-state index in [9.17, 15) is 0 Å². The fourth-order valence-corrected chi connectivity index (χ4v) is 6.31. The van der Waals surface area contributed by atoms with Crippen molar-refractivity contribution in [1.29, 1.82) is 0 Å². The van der Waals surface area contributed by atoms with Gasteiger partial charge < -0.3 is 23.7 Å². The molecule has 2 aliphatic rings. The van der Waals surface area contributed by atoms with Crippen molar-refractivity contribution < 1.29 is 23.7 Å². The Morgan fingerprint density at radius 2 is 1.00 bits per heavy atom. The number of hydrogen-bond donors (Lipinski definition) is 0. The quantitative estimate of drug-likeness (QED) is 0.113. The van der Waals surface area contributed by atoms with Gasteiger partial charge in [-0.3, -0.25) is 0 Å². The summed E-state index contributed by atoms with van der Waals surface area (Å²) in [7, 11) is 0. The van der Waals surface area contributed by atoms with Crippen LogP contribution in [-0.4, -0.2) is 43.9 Å². The molecule has 2 saturated heterocycles. The molecule has 0 radical (unpaired) electrons. The molecule has 2 aromatic carbocycles. The minimum Gasteiger partial charge on any atom is -0.373 e. The highest BCUT2D eigenvalue weighted by Crippen LogP contribution is 2.35. The zero-order valence-corrected chi connectivity index (χ0v) is 26.8. The summed E-state index contributed by atoms with van der Waals surface area (Å²) in [4.78, 5) is 0. The van der Waals surface area contributed by atoms with E-state index in [4.69, 9.17) is 23.7 Å². The van der Waals surface area contributed by atoms with Crippen molar-refractivity contribution >= 4 is 0 Å². The molecule has 0 spiro atoms. The smallest absolute Gasteiger partial charge is 0.187 e. The molecule has 2 aromatic rings. The molecule has 2 bridgehead atoms. The van der Waals surface area contributed by atoms with Gasteiger partial charge in [0.25, 0.3) is 0 Å². The maximum atomic E-state index is 6.54. The maximum Gasteiger partial charge on any atom is 0.187 e. The van der Waals surface area contributed by atoms with Crippen LogP contribution in [0.2, 0.25) is 0 Å². The van der Waals surface area contributed by atoms with Crippen LogP contribution < -0.4 is 0 Å². The summed E-state index contributed by atoms with van der Waals surface area (Å²) in [6, 6.07) is 20.5. The van der Waals surface area contributed by atoms with Crippen molar-refractivity contribution in [2.75, 3.05) is 13.2 Å². The highest BCUT2D eigenvalue weighted by atomic mass is 16.8. The van der Waals surface area contributed by atoms with Crippen LogP contribution in [-0.2, 0) is 36.9 Å².